The van der Waals surface area contributed by atoms with Crippen molar-refractivity contribution in [2.24, 2.45) is 0 Å². The molecular formula is C14H20Si. The summed E-state index contributed by atoms with van der Waals surface area (Å²) < 4.78 is 0. The van der Waals surface area contributed by atoms with E-state index in [1.807, 2.05) is 6.07 Å². The number of rotatable bonds is 4. The van der Waals surface area contributed by atoms with E-state index < -0.39 is 8.07 Å². The molecule has 0 aliphatic rings. The fraction of sp³-hybridized carbons (Fsp3) is 0.286. The van der Waals surface area contributed by atoms with E-state index in [0.29, 0.717) is 0 Å². The molecule has 1 rings (SSSR count). The standard InChI is InChI=1S/C14H20Si/c1-13(12-15(2,3)4)10-11-14-8-6-5-7-9-14/h5-11H,1,12H2,2-4H3. The van der Waals surface area contributed by atoms with Gasteiger partial charge >= 0.3 is 0 Å². The Hall–Kier alpha value is -1.08. The van der Waals surface area contributed by atoms with Crippen molar-refractivity contribution in [2.75, 3.05) is 0 Å². The van der Waals surface area contributed by atoms with Crippen LogP contribution in [0, 0.1) is 0 Å². The zero-order valence-corrected chi connectivity index (χ0v) is 11.0. The SMILES string of the molecule is C=C(C=Cc1ccccc1)C[Si](C)(C)C. The molecule has 1 aromatic carbocycles. The molecule has 0 atom stereocenters. The lowest BCUT2D eigenvalue weighted by Gasteiger charge is -2.15. The average molecular weight is 216 g/mol. The maximum absolute atomic E-state index is 4.10. The first-order valence-electron chi connectivity index (χ1n) is 5.38. The van der Waals surface area contributed by atoms with Crippen LogP contribution in [0.3, 0.4) is 0 Å². The molecule has 0 bridgehead atoms. The molecule has 0 unspecified atom stereocenters. The molecule has 0 spiro atoms. The second kappa shape index (κ2) is 5.13. The molecule has 0 amide bonds. The first kappa shape index (κ1) is 12.0. The van der Waals surface area contributed by atoms with Crippen LogP contribution in [0.2, 0.25) is 25.7 Å². The predicted octanol–water partition coefficient (Wildman–Crippen LogP) is 4.59. The largest absolute Gasteiger partial charge is 0.0961 e. The van der Waals surface area contributed by atoms with E-state index in [0.717, 1.165) is 0 Å². The number of allylic oxidation sites excluding steroid dienone is 2. The van der Waals surface area contributed by atoms with Crippen molar-refractivity contribution in [3.05, 3.63) is 54.1 Å². The highest BCUT2D eigenvalue weighted by Crippen LogP contribution is 2.16. The van der Waals surface area contributed by atoms with Gasteiger partial charge in [-0.2, -0.15) is 0 Å². The molecule has 0 aliphatic heterocycles. The van der Waals surface area contributed by atoms with Crippen molar-refractivity contribution >= 4 is 14.1 Å². The van der Waals surface area contributed by atoms with Crippen LogP contribution >= 0.6 is 0 Å². The molecule has 0 nitrogen and oxygen atoms in total. The van der Waals surface area contributed by atoms with Crippen molar-refractivity contribution in [3.8, 4) is 0 Å². The zero-order chi connectivity index (χ0) is 11.3. The fourth-order valence-electron chi connectivity index (χ4n) is 1.52. The molecule has 0 saturated carbocycles. The highest BCUT2D eigenvalue weighted by Gasteiger charge is 2.12. The van der Waals surface area contributed by atoms with Crippen LogP contribution in [-0.4, -0.2) is 8.07 Å². The molecule has 1 aromatic rings. The minimum absolute atomic E-state index is 1.01. The first-order valence-corrected chi connectivity index (χ1v) is 9.09. The Morgan fingerprint density at radius 3 is 2.33 bits per heavy atom. The third kappa shape index (κ3) is 5.38. The van der Waals surface area contributed by atoms with Crippen molar-refractivity contribution < 1.29 is 0 Å². The van der Waals surface area contributed by atoms with Crippen LogP contribution in [0.1, 0.15) is 5.56 Å². The summed E-state index contributed by atoms with van der Waals surface area (Å²) >= 11 is 0. The summed E-state index contributed by atoms with van der Waals surface area (Å²) in [6.45, 7) is 11.2. The van der Waals surface area contributed by atoms with Gasteiger partial charge in [0.25, 0.3) is 0 Å². The molecule has 0 saturated heterocycles. The van der Waals surface area contributed by atoms with Crippen LogP contribution in [0.5, 0.6) is 0 Å². The summed E-state index contributed by atoms with van der Waals surface area (Å²) in [4.78, 5) is 0. The second-order valence-corrected chi connectivity index (χ2v) is 10.6. The molecule has 0 radical (unpaired) electrons. The van der Waals surface area contributed by atoms with Crippen molar-refractivity contribution in [1.82, 2.24) is 0 Å². The van der Waals surface area contributed by atoms with Crippen LogP contribution in [0.25, 0.3) is 6.08 Å². The predicted molar refractivity (Wildman–Crippen MR) is 72.8 cm³/mol. The summed E-state index contributed by atoms with van der Waals surface area (Å²) in [6, 6.07) is 11.5. The Bertz CT molecular complexity index is 341. The van der Waals surface area contributed by atoms with Gasteiger partial charge in [0.2, 0.25) is 0 Å². The van der Waals surface area contributed by atoms with Gasteiger partial charge < -0.3 is 0 Å². The lowest BCUT2D eigenvalue weighted by Crippen LogP contribution is -2.19. The number of hydrogen-bond acceptors (Lipinski definition) is 0. The maximum Gasteiger partial charge on any atom is 0.0486 e. The molecule has 0 fully saturated rings. The van der Waals surface area contributed by atoms with Crippen LogP contribution in [0.15, 0.2) is 48.6 Å². The fourth-order valence-corrected chi connectivity index (χ4v) is 3.00. The Morgan fingerprint density at radius 1 is 1.20 bits per heavy atom. The third-order valence-electron chi connectivity index (χ3n) is 2.07. The topological polar surface area (TPSA) is 0 Å². The lowest BCUT2D eigenvalue weighted by molar-refractivity contribution is 1.42. The van der Waals surface area contributed by atoms with E-state index in [2.05, 4.69) is 62.6 Å². The van der Waals surface area contributed by atoms with Gasteiger partial charge in [0, 0.05) is 8.07 Å². The Kier molecular flexibility index (Phi) is 4.10. The minimum atomic E-state index is -1.01. The van der Waals surface area contributed by atoms with Gasteiger partial charge in [0.15, 0.2) is 0 Å². The quantitative estimate of drug-likeness (QED) is 0.510. The maximum atomic E-state index is 4.10. The first-order chi connectivity index (χ1) is 6.97. The molecule has 0 N–H and O–H groups in total. The van der Waals surface area contributed by atoms with E-state index in [1.54, 1.807) is 0 Å². The van der Waals surface area contributed by atoms with E-state index >= 15 is 0 Å². The van der Waals surface area contributed by atoms with Crippen LogP contribution < -0.4 is 0 Å². The van der Waals surface area contributed by atoms with Gasteiger partial charge in [-0.05, 0) is 11.6 Å². The van der Waals surface area contributed by atoms with Crippen molar-refractivity contribution in [2.45, 2.75) is 25.7 Å². The smallest absolute Gasteiger partial charge is 0.0486 e. The Morgan fingerprint density at radius 2 is 1.80 bits per heavy atom. The number of hydrogen-bond donors (Lipinski definition) is 0. The molecule has 15 heavy (non-hydrogen) atoms. The Balaban J connectivity index is 2.56. The van der Waals surface area contributed by atoms with E-state index in [9.17, 15) is 0 Å². The van der Waals surface area contributed by atoms with E-state index in [1.165, 1.54) is 17.2 Å². The highest BCUT2D eigenvalue weighted by molar-refractivity contribution is 6.76. The summed E-state index contributed by atoms with van der Waals surface area (Å²) in [6.07, 6.45) is 4.29. The monoisotopic (exact) mass is 216 g/mol. The van der Waals surface area contributed by atoms with E-state index in [-0.39, 0.29) is 0 Å². The van der Waals surface area contributed by atoms with E-state index in [4.69, 9.17) is 0 Å². The van der Waals surface area contributed by atoms with Gasteiger partial charge in [-0.3, -0.25) is 0 Å². The normalized spacial score (nSPS) is 11.9. The molecule has 0 aromatic heterocycles. The van der Waals surface area contributed by atoms with Crippen LogP contribution in [-0.2, 0) is 0 Å². The highest BCUT2D eigenvalue weighted by atomic mass is 28.3. The summed E-state index contributed by atoms with van der Waals surface area (Å²) in [5, 5.41) is 0. The average Bonchev–Trinajstić information content (AvgIpc) is 2.14. The molecule has 80 valence electrons. The summed E-state index contributed by atoms with van der Waals surface area (Å²) in [5.74, 6) is 0. The second-order valence-electron chi connectivity index (χ2n) is 5.14. The Labute approximate surface area is 94.4 Å². The van der Waals surface area contributed by atoms with Crippen molar-refractivity contribution in [3.63, 3.8) is 0 Å². The summed E-state index contributed by atoms with van der Waals surface area (Å²) in [5.41, 5.74) is 2.49. The molecule has 1 heteroatoms. The third-order valence-corrected chi connectivity index (χ3v) is 3.58. The van der Waals surface area contributed by atoms with Gasteiger partial charge in [0.05, 0.1) is 0 Å². The van der Waals surface area contributed by atoms with Gasteiger partial charge in [-0.15, -0.1) is 0 Å². The molecule has 0 aliphatic carbocycles. The molecule has 0 heterocycles. The van der Waals surface area contributed by atoms with Crippen LogP contribution in [0.4, 0.5) is 0 Å². The number of benzene rings is 1. The van der Waals surface area contributed by atoms with Gasteiger partial charge in [-0.25, -0.2) is 0 Å². The minimum Gasteiger partial charge on any atom is -0.0961 e. The van der Waals surface area contributed by atoms with Gasteiger partial charge in [-0.1, -0.05) is 74.3 Å². The zero-order valence-electron chi connectivity index (χ0n) is 9.96. The molecular weight excluding hydrogens is 196 g/mol. The van der Waals surface area contributed by atoms with Gasteiger partial charge in [0.1, 0.15) is 0 Å². The lowest BCUT2D eigenvalue weighted by atomic mass is 10.2. The van der Waals surface area contributed by atoms with Crippen molar-refractivity contribution in [1.29, 1.82) is 0 Å². The summed E-state index contributed by atoms with van der Waals surface area (Å²) in [7, 11) is -1.01.